The lowest BCUT2D eigenvalue weighted by Crippen LogP contribution is -2.43. The average Bonchev–Trinajstić information content (AvgIpc) is 1.71. The molecule has 0 radical (unpaired) electrons. The lowest BCUT2D eigenvalue weighted by Gasteiger charge is -2.51. The van der Waals surface area contributed by atoms with Crippen LogP contribution >= 0.6 is 0 Å². The second kappa shape index (κ2) is 56.0. The van der Waals surface area contributed by atoms with Crippen LogP contribution in [0, 0.1) is 130 Å². The van der Waals surface area contributed by atoms with Gasteiger partial charge in [-0.2, -0.15) is 0 Å². The molecule has 0 aromatic carbocycles. The van der Waals surface area contributed by atoms with Crippen LogP contribution in [0.3, 0.4) is 0 Å². The van der Waals surface area contributed by atoms with Gasteiger partial charge in [-0.15, -0.1) is 0 Å². The van der Waals surface area contributed by atoms with Gasteiger partial charge in [-0.05, 0) is 271 Å². The van der Waals surface area contributed by atoms with Crippen LogP contribution in [0.1, 0.15) is 584 Å². The van der Waals surface area contributed by atoms with E-state index in [0.717, 1.165) is 35.5 Å². The fourth-order valence-corrected chi connectivity index (χ4v) is 31.2. The van der Waals surface area contributed by atoms with E-state index in [-0.39, 0.29) is 0 Å². The van der Waals surface area contributed by atoms with Crippen molar-refractivity contribution >= 4 is 0 Å². The van der Waals surface area contributed by atoms with Gasteiger partial charge in [0, 0.05) is 0 Å². The van der Waals surface area contributed by atoms with E-state index < -0.39 is 0 Å². The van der Waals surface area contributed by atoms with Crippen molar-refractivity contribution in [2.45, 2.75) is 584 Å². The molecule has 25 aliphatic carbocycles. The van der Waals surface area contributed by atoms with Gasteiger partial charge < -0.3 is 0 Å². The zero-order chi connectivity index (χ0) is 77.0. The van der Waals surface area contributed by atoms with Crippen molar-refractivity contribution in [3.8, 4) is 0 Å². The molecular formula is C113H204. The molecule has 25 saturated carbocycles. The second-order valence-corrected chi connectivity index (χ2v) is 46.1. The zero-order valence-corrected chi connectivity index (χ0v) is 77.0. The van der Waals surface area contributed by atoms with Crippen LogP contribution < -0.4 is 0 Å². The fraction of sp³-hybridized carbons (Fsp3) is 1.00. The Labute approximate surface area is 710 Å². The highest BCUT2D eigenvalue weighted by atomic mass is 14.6. The molecular weight excluding hydrogens is 1360 g/mol. The molecule has 25 aliphatic rings. The van der Waals surface area contributed by atoms with Crippen molar-refractivity contribution in [1.29, 1.82) is 0 Å². The molecule has 25 fully saturated rings. The zero-order valence-electron chi connectivity index (χ0n) is 77.0. The fourth-order valence-electron chi connectivity index (χ4n) is 31.2. The Kier molecular flexibility index (Phi) is 45.7. The molecule has 0 saturated heterocycles. The first-order valence-corrected chi connectivity index (χ1v) is 56.1. The highest BCUT2D eigenvalue weighted by molar-refractivity contribution is 5.01. The summed E-state index contributed by atoms with van der Waals surface area (Å²) >= 11 is 0. The van der Waals surface area contributed by atoms with Crippen LogP contribution in [0.5, 0.6) is 0 Å². The van der Waals surface area contributed by atoms with E-state index in [1.165, 1.54) is 409 Å². The average molecular weight is 1560 g/mol. The Hall–Kier alpha value is 0. The SMILES string of the molecule is C1C2CC3CC1CC(C2)C3.C1CC1.C1CC2C3CCC(C3)C2C1.C1CC2CCC1C2.C1CCC1.C1CCC2C(C1)CCC1C3CCCC3CCC21.C1CCC2C(C1)CCC1CCCCC12.C1CCC2CCCCC2C1.C1CCCC1.C1CCCCC1.C1CCCCCC1.C1CCCCCCC1.C1CCCCCCCCCCC1. The predicted octanol–water partition coefficient (Wildman–Crippen LogP) is 38.2. The molecule has 656 valence electrons. The van der Waals surface area contributed by atoms with Gasteiger partial charge in [-0.1, -0.05) is 443 Å². The summed E-state index contributed by atoms with van der Waals surface area (Å²) < 4.78 is 0. The summed E-state index contributed by atoms with van der Waals surface area (Å²) in [5.74, 6) is 25.8. The molecule has 0 spiro atoms. The Morgan fingerprint density at radius 3 is 0.442 bits per heavy atom. The van der Waals surface area contributed by atoms with Gasteiger partial charge >= 0.3 is 0 Å². The Bertz CT molecular complexity index is 2020. The van der Waals surface area contributed by atoms with E-state index in [1.54, 1.807) is 270 Å². The third-order valence-electron chi connectivity index (χ3n) is 37.8. The molecule has 25 rings (SSSR count). The molecule has 0 aromatic rings. The van der Waals surface area contributed by atoms with E-state index in [1.807, 2.05) is 0 Å². The molecule has 0 aliphatic heterocycles. The summed E-state index contributed by atoms with van der Waals surface area (Å²) in [6, 6.07) is 0. The first-order valence-electron chi connectivity index (χ1n) is 56.1. The summed E-state index contributed by atoms with van der Waals surface area (Å²) in [4.78, 5) is 0. The minimum atomic E-state index is 1.16. The van der Waals surface area contributed by atoms with Crippen LogP contribution in [0.15, 0.2) is 0 Å². The van der Waals surface area contributed by atoms with E-state index in [9.17, 15) is 0 Å². The number of hydrogen-bond donors (Lipinski definition) is 0. The quantitative estimate of drug-likeness (QED) is 0.212. The topological polar surface area (TPSA) is 0 Å². The van der Waals surface area contributed by atoms with Gasteiger partial charge in [-0.25, -0.2) is 0 Å². The molecule has 0 nitrogen and oxygen atoms in total. The van der Waals surface area contributed by atoms with Gasteiger partial charge in [0.05, 0.1) is 0 Å². The van der Waals surface area contributed by atoms with E-state index >= 15 is 0 Å². The van der Waals surface area contributed by atoms with Crippen LogP contribution in [0.4, 0.5) is 0 Å². The Morgan fingerprint density at radius 2 is 0.221 bits per heavy atom. The van der Waals surface area contributed by atoms with Crippen LogP contribution in [0.25, 0.3) is 0 Å². The van der Waals surface area contributed by atoms with E-state index in [2.05, 4.69) is 0 Å². The standard InChI is InChI=1S/C17H28.C14H24.C12H24.2C10H16.C10H18.C8H16.C7H12.C7H14.C6H12.C5H10.C4H8.C3H6/c1-2-6-14-12(4-1)8-10-17-15-7-3-5-13(15)9-11-16(14)17;1-3-7-13-11(5-1)9-10-12-6-2-4-8-14(12)13;1-2-4-6-8-10-12-11-9-7-5-3-1;1-7-2-9-4-8(1)5-10(3-7)6-9;1-2-9-7-4-5-8(6-7)10(9)3-1;1-2-6-10-8-4-3-7-9(10)5-1;1-2-4-6-8-7-5-3-1;1-2-7-4-3-6(1)5-7;1-2-4-6-7-5-3-1;1-2-4-6-5-3-1;1-2-4-5-3-1;1-2-4-3-1;1-2-3-1/h12-17H,1-11H2;11-14H,1-10H2;1-12H2;2*7-10H,1-6H2;9-10H,1-8H2;1-8H2;6-7H,1-5H2;1-7H2;1-6H2;1-5H2;1-4H2;1-3H2. The normalized spacial score (nSPS) is 40.4. The van der Waals surface area contributed by atoms with Gasteiger partial charge in [0.1, 0.15) is 0 Å². The van der Waals surface area contributed by atoms with Crippen molar-refractivity contribution in [1.82, 2.24) is 0 Å². The third-order valence-corrected chi connectivity index (χ3v) is 37.8. The molecule has 14 atom stereocenters. The van der Waals surface area contributed by atoms with Crippen LogP contribution in [0.2, 0.25) is 0 Å². The van der Waals surface area contributed by atoms with E-state index in [0.29, 0.717) is 0 Å². The first-order chi connectivity index (χ1) is 56.1. The Balaban J connectivity index is 0.000000116. The van der Waals surface area contributed by atoms with Crippen molar-refractivity contribution in [3.63, 3.8) is 0 Å². The number of fused-ring (bicyclic) bond motifs is 16. The van der Waals surface area contributed by atoms with Crippen molar-refractivity contribution in [3.05, 3.63) is 0 Å². The lowest BCUT2D eigenvalue weighted by molar-refractivity contribution is -0.0184. The smallest absolute Gasteiger partial charge is 0.0352 e. The third kappa shape index (κ3) is 33.9. The van der Waals surface area contributed by atoms with Gasteiger partial charge in [0.25, 0.3) is 0 Å². The van der Waals surface area contributed by atoms with Gasteiger partial charge in [0.2, 0.25) is 0 Å². The molecule has 0 heterocycles. The second-order valence-electron chi connectivity index (χ2n) is 46.1. The summed E-state index contributed by atoms with van der Waals surface area (Å²) in [5.41, 5.74) is 0. The van der Waals surface area contributed by atoms with Crippen molar-refractivity contribution in [2.24, 2.45) is 130 Å². The monoisotopic (exact) mass is 1560 g/mol. The molecule has 0 heteroatoms. The lowest BCUT2D eigenvalue weighted by atomic mass is 9.54. The van der Waals surface area contributed by atoms with Crippen LogP contribution in [-0.2, 0) is 0 Å². The highest BCUT2D eigenvalue weighted by Crippen LogP contribution is 2.61. The van der Waals surface area contributed by atoms with Gasteiger partial charge in [0.15, 0.2) is 0 Å². The number of hydrogen-bond acceptors (Lipinski definition) is 0. The summed E-state index contributed by atoms with van der Waals surface area (Å²) in [6.07, 6.45) is 140. The Morgan fingerprint density at radius 1 is 0.0708 bits per heavy atom. The molecule has 113 heavy (non-hydrogen) atoms. The van der Waals surface area contributed by atoms with Crippen LogP contribution in [-0.4, -0.2) is 0 Å². The first kappa shape index (κ1) is 92.2. The summed E-state index contributed by atoms with van der Waals surface area (Å²) in [7, 11) is 0. The maximum absolute atomic E-state index is 1.62. The summed E-state index contributed by atoms with van der Waals surface area (Å²) in [6.45, 7) is 0. The molecule has 0 amide bonds. The maximum Gasteiger partial charge on any atom is -0.0352 e. The summed E-state index contributed by atoms with van der Waals surface area (Å²) in [5, 5.41) is 0. The van der Waals surface area contributed by atoms with Crippen molar-refractivity contribution < 1.29 is 0 Å². The highest BCUT2D eigenvalue weighted by Gasteiger charge is 2.51. The minimum absolute atomic E-state index is 1.16. The molecule has 0 aromatic heterocycles. The predicted molar refractivity (Wildman–Crippen MR) is 497 cm³/mol. The largest absolute Gasteiger partial charge is 0.0533 e. The number of rotatable bonds is 0. The molecule has 8 bridgehead atoms. The molecule has 0 N–H and O–H groups in total. The maximum atomic E-state index is 1.62. The van der Waals surface area contributed by atoms with Gasteiger partial charge in [-0.3, -0.25) is 0 Å². The van der Waals surface area contributed by atoms with Crippen molar-refractivity contribution in [2.75, 3.05) is 0 Å². The minimum Gasteiger partial charge on any atom is -0.0533 e. The van der Waals surface area contributed by atoms with E-state index in [4.69, 9.17) is 0 Å². The molecule has 14 unspecified atom stereocenters.